The predicted octanol–water partition coefficient (Wildman–Crippen LogP) is 6.99. The maximum atomic E-state index is 13.6. The van der Waals surface area contributed by atoms with Crippen molar-refractivity contribution < 1.29 is 29.0 Å². The number of rotatable bonds is 19. The monoisotopic (exact) mass is 594 g/mol. The minimum Gasteiger partial charge on any atom is -0.481 e. The van der Waals surface area contributed by atoms with Gasteiger partial charge in [0.05, 0.1) is 12.5 Å². The van der Waals surface area contributed by atoms with Crippen molar-refractivity contribution in [1.82, 2.24) is 10.6 Å². The molecule has 2 amide bonds. The highest BCUT2D eigenvalue weighted by Gasteiger charge is 2.46. The third-order valence-corrected chi connectivity index (χ3v) is 9.30. The van der Waals surface area contributed by atoms with Crippen molar-refractivity contribution in [3.05, 3.63) is 0 Å². The number of nitrogens with one attached hydrogen (secondary N) is 2. The van der Waals surface area contributed by atoms with Gasteiger partial charge < -0.3 is 25.2 Å². The molecule has 0 spiro atoms. The molecular weight excluding hydrogens is 532 g/mol. The lowest BCUT2D eigenvalue weighted by Gasteiger charge is -2.45. The maximum absolute atomic E-state index is 13.6. The van der Waals surface area contributed by atoms with Gasteiger partial charge in [0.2, 0.25) is 11.8 Å². The van der Waals surface area contributed by atoms with Crippen LogP contribution in [0.2, 0.25) is 0 Å². The van der Waals surface area contributed by atoms with Crippen LogP contribution in [0.3, 0.4) is 0 Å². The highest BCUT2D eigenvalue weighted by atomic mass is 16.7. The van der Waals surface area contributed by atoms with Crippen LogP contribution in [0.25, 0.3) is 0 Å². The van der Waals surface area contributed by atoms with E-state index < -0.39 is 29.2 Å². The Kier molecular flexibility index (Phi) is 15.8. The van der Waals surface area contributed by atoms with E-state index >= 15 is 0 Å². The molecule has 1 heterocycles. The normalized spacial score (nSPS) is 24.2. The largest absolute Gasteiger partial charge is 0.481 e. The number of carbonyl (C=O) groups excluding carboxylic acids is 2. The Morgan fingerprint density at radius 1 is 0.857 bits per heavy atom. The molecule has 8 heteroatoms. The Labute approximate surface area is 255 Å². The molecule has 1 aliphatic carbocycles. The van der Waals surface area contributed by atoms with Gasteiger partial charge in [-0.15, -0.1) is 0 Å². The number of aliphatic carboxylic acids is 1. The minimum atomic E-state index is -0.933. The van der Waals surface area contributed by atoms with Gasteiger partial charge >= 0.3 is 5.97 Å². The van der Waals surface area contributed by atoms with Crippen LogP contribution in [0.15, 0.2) is 0 Å². The molecule has 0 radical (unpaired) electrons. The third-order valence-electron chi connectivity index (χ3n) is 9.30. The third kappa shape index (κ3) is 12.1. The van der Waals surface area contributed by atoms with Gasteiger partial charge in [0, 0.05) is 23.9 Å². The summed E-state index contributed by atoms with van der Waals surface area (Å²) >= 11 is 0. The second-order valence-electron chi connectivity index (χ2n) is 14.0. The number of hydrogen-bond donors (Lipinski definition) is 3. The fourth-order valence-corrected chi connectivity index (χ4v) is 6.56. The molecule has 2 fully saturated rings. The highest BCUT2D eigenvalue weighted by Crippen LogP contribution is 2.35. The minimum absolute atomic E-state index is 0.0146. The number of hydrogen-bond acceptors (Lipinski definition) is 5. The van der Waals surface area contributed by atoms with Crippen LogP contribution in [0, 0.1) is 23.2 Å². The molecule has 2 aliphatic rings. The van der Waals surface area contributed by atoms with E-state index in [9.17, 15) is 19.5 Å². The van der Waals surface area contributed by atoms with Crippen molar-refractivity contribution in [2.75, 3.05) is 13.2 Å². The molecule has 244 valence electrons. The molecule has 42 heavy (non-hydrogen) atoms. The summed E-state index contributed by atoms with van der Waals surface area (Å²) < 4.78 is 11.7. The molecule has 2 rings (SSSR count). The molecular formula is C34H62N2O6. The van der Waals surface area contributed by atoms with Crippen LogP contribution < -0.4 is 10.6 Å². The predicted molar refractivity (Wildman–Crippen MR) is 167 cm³/mol. The smallest absolute Gasteiger partial charge is 0.308 e. The lowest BCUT2D eigenvalue weighted by atomic mass is 9.75. The van der Waals surface area contributed by atoms with Crippen LogP contribution in [-0.2, 0) is 23.9 Å². The van der Waals surface area contributed by atoms with Gasteiger partial charge in [-0.3, -0.25) is 14.4 Å². The van der Waals surface area contributed by atoms with Crippen molar-refractivity contribution >= 4 is 17.8 Å². The number of carbonyl (C=O) groups is 3. The lowest BCUT2D eigenvalue weighted by molar-refractivity contribution is -0.304. The molecule has 2 unspecified atom stereocenters. The van der Waals surface area contributed by atoms with E-state index in [0.29, 0.717) is 6.61 Å². The van der Waals surface area contributed by atoms with E-state index in [1.165, 1.54) is 38.5 Å². The molecule has 3 N–H and O–H groups in total. The van der Waals surface area contributed by atoms with Gasteiger partial charge in [-0.05, 0) is 45.4 Å². The van der Waals surface area contributed by atoms with Crippen LogP contribution in [-0.4, -0.2) is 54.0 Å². The standard InChI is InChI=1S/C34H62N2O6/c1-7-9-11-13-15-19-25(20-16-14-12-10-8-2)30(37)36-28-22-18-17-21-26(28)27(32(39)40)23-35-31(38)29-33(3,4)24-41-34(5,6)42-29/h25-29H,7-24H2,1-6H3,(H,35,38)(H,36,37)(H,39,40)/t26-,27?,28-,29?/m0/s1. The summed E-state index contributed by atoms with van der Waals surface area (Å²) in [5.41, 5.74) is -0.540. The molecule has 8 nitrogen and oxygen atoms in total. The van der Waals surface area contributed by atoms with E-state index in [2.05, 4.69) is 24.5 Å². The first kappa shape index (κ1) is 36.5. The van der Waals surface area contributed by atoms with Gasteiger partial charge in [-0.25, -0.2) is 0 Å². The molecule has 0 bridgehead atoms. The second kappa shape index (κ2) is 18.2. The number of amides is 2. The first-order valence-corrected chi connectivity index (χ1v) is 17.0. The summed E-state index contributed by atoms with van der Waals surface area (Å²) in [4.78, 5) is 39.4. The van der Waals surface area contributed by atoms with Crippen LogP contribution in [0.1, 0.15) is 144 Å². The lowest BCUT2D eigenvalue weighted by Crippen LogP contribution is -2.57. The first-order valence-electron chi connectivity index (χ1n) is 17.0. The number of carboxylic acid groups (broad SMARTS) is 1. The van der Waals surface area contributed by atoms with Crippen molar-refractivity contribution in [2.24, 2.45) is 23.2 Å². The van der Waals surface area contributed by atoms with Gasteiger partial charge in [-0.2, -0.15) is 0 Å². The second-order valence-corrected chi connectivity index (χ2v) is 14.0. The van der Waals surface area contributed by atoms with Gasteiger partial charge in [-0.1, -0.05) is 105 Å². The van der Waals surface area contributed by atoms with E-state index in [0.717, 1.165) is 64.2 Å². The van der Waals surface area contributed by atoms with Gasteiger partial charge in [0.1, 0.15) is 6.10 Å². The zero-order valence-corrected chi connectivity index (χ0v) is 27.6. The van der Waals surface area contributed by atoms with E-state index in [1.54, 1.807) is 13.8 Å². The zero-order chi connectivity index (χ0) is 31.2. The quantitative estimate of drug-likeness (QED) is 0.139. The van der Waals surface area contributed by atoms with Gasteiger partial charge in [0.15, 0.2) is 5.79 Å². The maximum Gasteiger partial charge on any atom is 0.308 e. The molecule has 4 atom stereocenters. The van der Waals surface area contributed by atoms with E-state index in [-0.39, 0.29) is 36.2 Å². The molecule has 0 aromatic rings. The Balaban J connectivity index is 2.05. The topological polar surface area (TPSA) is 114 Å². The molecule has 1 aliphatic heterocycles. The van der Waals surface area contributed by atoms with Crippen molar-refractivity contribution in [2.45, 2.75) is 162 Å². The summed E-state index contributed by atoms with van der Waals surface area (Å²) in [6.45, 7) is 12.2. The summed E-state index contributed by atoms with van der Waals surface area (Å²) in [7, 11) is 0. The van der Waals surface area contributed by atoms with Crippen molar-refractivity contribution in [3.8, 4) is 0 Å². The molecule has 0 aromatic heterocycles. The summed E-state index contributed by atoms with van der Waals surface area (Å²) in [6, 6.07) is -0.193. The summed E-state index contributed by atoms with van der Waals surface area (Å²) in [5.74, 6) is -3.07. The Hall–Kier alpha value is -1.67. The fourth-order valence-electron chi connectivity index (χ4n) is 6.56. The molecule has 1 saturated carbocycles. The fraction of sp³-hybridized carbons (Fsp3) is 0.912. The van der Waals surface area contributed by atoms with Crippen LogP contribution in [0.4, 0.5) is 0 Å². The Morgan fingerprint density at radius 3 is 2.00 bits per heavy atom. The van der Waals surface area contributed by atoms with Crippen LogP contribution in [0.5, 0.6) is 0 Å². The number of unbranched alkanes of at least 4 members (excludes halogenated alkanes) is 8. The summed E-state index contributed by atoms with van der Waals surface area (Å²) in [5, 5.41) is 16.5. The van der Waals surface area contributed by atoms with Crippen molar-refractivity contribution in [3.63, 3.8) is 0 Å². The van der Waals surface area contributed by atoms with Crippen molar-refractivity contribution in [1.29, 1.82) is 0 Å². The SMILES string of the molecule is CCCCCCCC(CCCCCCC)C(=O)N[C@H]1CCCC[C@H]1C(CNC(=O)C1OC(C)(C)OCC1(C)C)C(=O)O. The summed E-state index contributed by atoms with van der Waals surface area (Å²) in [6.07, 6.45) is 16.2. The molecule has 1 saturated heterocycles. The number of carboxylic acids is 1. The Bertz CT molecular complexity index is 815. The first-order chi connectivity index (χ1) is 19.9. The number of ether oxygens (including phenoxy) is 2. The zero-order valence-electron chi connectivity index (χ0n) is 27.6. The average Bonchev–Trinajstić information content (AvgIpc) is 2.93. The average molecular weight is 595 g/mol. The van der Waals surface area contributed by atoms with E-state index in [1.807, 2.05) is 13.8 Å². The highest BCUT2D eigenvalue weighted by molar-refractivity contribution is 5.82. The molecule has 0 aromatic carbocycles. The van der Waals surface area contributed by atoms with E-state index in [4.69, 9.17) is 9.47 Å². The Morgan fingerprint density at radius 2 is 1.43 bits per heavy atom. The van der Waals surface area contributed by atoms with Gasteiger partial charge in [0.25, 0.3) is 0 Å². The van der Waals surface area contributed by atoms with Crippen LogP contribution >= 0.6 is 0 Å².